The number of nitrogens with zero attached hydrogens (tertiary/aromatic N) is 1. The van der Waals surface area contributed by atoms with Crippen LogP contribution in [0.15, 0.2) is 12.3 Å². The van der Waals surface area contributed by atoms with Crippen LogP contribution >= 0.6 is 12.2 Å². The summed E-state index contributed by atoms with van der Waals surface area (Å²) in [7, 11) is 0. The molecule has 76 valence electrons. The normalized spacial score (nSPS) is 19.1. The van der Waals surface area contributed by atoms with E-state index in [4.69, 9.17) is 12.2 Å². The van der Waals surface area contributed by atoms with Crippen molar-refractivity contribution in [2.24, 2.45) is 0 Å². The van der Waals surface area contributed by atoms with Gasteiger partial charge in [0.05, 0.1) is 0 Å². The minimum absolute atomic E-state index is 0.611. The maximum absolute atomic E-state index is 5.11. The molecule has 1 N–H and O–H groups in total. The lowest BCUT2D eigenvalue weighted by Crippen LogP contribution is -2.03. The first-order valence-corrected chi connectivity index (χ1v) is 5.82. The van der Waals surface area contributed by atoms with Gasteiger partial charge in [-0.25, -0.2) is 4.98 Å². The summed E-state index contributed by atoms with van der Waals surface area (Å²) in [6, 6.07) is 1.84. The van der Waals surface area contributed by atoms with Gasteiger partial charge in [-0.05, 0) is 18.9 Å². The maximum atomic E-state index is 5.11. The molecule has 2 rings (SSSR count). The second-order valence-electron chi connectivity index (χ2n) is 4.01. The lowest BCUT2D eigenvalue weighted by Gasteiger charge is -2.12. The van der Waals surface area contributed by atoms with Crippen LogP contribution in [0.5, 0.6) is 0 Å². The van der Waals surface area contributed by atoms with E-state index in [9.17, 15) is 0 Å². The van der Waals surface area contributed by atoms with Crippen molar-refractivity contribution >= 4 is 12.2 Å². The first kappa shape index (κ1) is 9.84. The van der Waals surface area contributed by atoms with E-state index in [0.717, 1.165) is 10.5 Å². The Balaban J connectivity index is 2.16. The fraction of sp³-hybridized carbons (Fsp3) is 0.636. The topological polar surface area (TPSA) is 28.7 Å². The number of aromatic amines is 1. The molecule has 1 aliphatic carbocycles. The second kappa shape index (κ2) is 4.69. The minimum atomic E-state index is 0.611. The number of hydrogen-bond acceptors (Lipinski definition) is 2. The minimum Gasteiger partial charge on any atom is -0.335 e. The number of aromatic nitrogens is 2. The standard InChI is InChI=1S/C11H16N2S/c14-10-7-8-12-11(13-10)9-5-3-1-2-4-6-9/h7-9H,1-6H2,(H,12,13,14). The Morgan fingerprint density at radius 1 is 1.21 bits per heavy atom. The molecule has 2 nitrogen and oxygen atoms in total. The molecule has 14 heavy (non-hydrogen) atoms. The van der Waals surface area contributed by atoms with Crippen LogP contribution in [-0.4, -0.2) is 9.97 Å². The van der Waals surface area contributed by atoms with Crippen LogP contribution in [0.4, 0.5) is 0 Å². The highest BCUT2D eigenvalue weighted by Gasteiger charge is 2.15. The van der Waals surface area contributed by atoms with Gasteiger partial charge in [-0.2, -0.15) is 0 Å². The van der Waals surface area contributed by atoms with Crippen molar-refractivity contribution in [3.63, 3.8) is 0 Å². The third-order valence-electron chi connectivity index (χ3n) is 2.93. The average molecular weight is 208 g/mol. The van der Waals surface area contributed by atoms with E-state index in [2.05, 4.69) is 9.97 Å². The summed E-state index contributed by atoms with van der Waals surface area (Å²) < 4.78 is 0.805. The Morgan fingerprint density at radius 2 is 1.93 bits per heavy atom. The largest absolute Gasteiger partial charge is 0.335 e. The molecule has 0 bridgehead atoms. The third-order valence-corrected chi connectivity index (χ3v) is 3.17. The summed E-state index contributed by atoms with van der Waals surface area (Å²) in [5.41, 5.74) is 0. The molecule has 1 aliphatic rings. The molecular weight excluding hydrogens is 192 g/mol. The molecule has 1 aromatic rings. The van der Waals surface area contributed by atoms with Crippen LogP contribution in [0.25, 0.3) is 0 Å². The van der Waals surface area contributed by atoms with E-state index in [1.807, 2.05) is 12.3 Å². The van der Waals surface area contributed by atoms with Crippen LogP contribution in [0.2, 0.25) is 0 Å². The van der Waals surface area contributed by atoms with Crippen molar-refractivity contribution < 1.29 is 0 Å². The SMILES string of the molecule is S=c1ccnc(C2CCCCCC2)[nH]1. The smallest absolute Gasteiger partial charge is 0.110 e. The summed E-state index contributed by atoms with van der Waals surface area (Å²) in [6.07, 6.45) is 9.78. The zero-order chi connectivity index (χ0) is 9.80. The van der Waals surface area contributed by atoms with E-state index in [1.54, 1.807) is 0 Å². The molecule has 0 unspecified atom stereocenters. The monoisotopic (exact) mass is 208 g/mol. The summed E-state index contributed by atoms with van der Waals surface area (Å²) in [6.45, 7) is 0. The lowest BCUT2D eigenvalue weighted by molar-refractivity contribution is 0.559. The van der Waals surface area contributed by atoms with Gasteiger partial charge in [-0.1, -0.05) is 37.9 Å². The molecule has 1 heterocycles. The van der Waals surface area contributed by atoms with E-state index < -0.39 is 0 Å². The molecule has 0 amide bonds. The molecular formula is C11H16N2S. The van der Waals surface area contributed by atoms with Gasteiger partial charge in [0.15, 0.2) is 0 Å². The van der Waals surface area contributed by atoms with Gasteiger partial charge < -0.3 is 4.98 Å². The van der Waals surface area contributed by atoms with Gasteiger partial charge in [0.2, 0.25) is 0 Å². The van der Waals surface area contributed by atoms with Crippen LogP contribution in [0.1, 0.15) is 50.3 Å². The predicted octanol–water partition coefficient (Wildman–Crippen LogP) is 3.58. The highest BCUT2D eigenvalue weighted by molar-refractivity contribution is 7.71. The van der Waals surface area contributed by atoms with E-state index >= 15 is 0 Å². The molecule has 1 saturated carbocycles. The van der Waals surface area contributed by atoms with E-state index in [0.29, 0.717) is 5.92 Å². The molecule has 3 heteroatoms. The van der Waals surface area contributed by atoms with Crippen LogP contribution < -0.4 is 0 Å². The Labute approximate surface area is 89.8 Å². The van der Waals surface area contributed by atoms with Crippen LogP contribution in [0.3, 0.4) is 0 Å². The summed E-state index contributed by atoms with van der Waals surface area (Å²) >= 11 is 5.11. The molecule has 0 spiro atoms. The summed E-state index contributed by atoms with van der Waals surface area (Å²) in [4.78, 5) is 7.59. The Hall–Kier alpha value is -0.700. The number of rotatable bonds is 1. The van der Waals surface area contributed by atoms with Crippen molar-refractivity contribution in [3.05, 3.63) is 22.7 Å². The van der Waals surface area contributed by atoms with E-state index in [-0.39, 0.29) is 0 Å². The second-order valence-corrected chi connectivity index (χ2v) is 4.45. The van der Waals surface area contributed by atoms with Gasteiger partial charge in [0.1, 0.15) is 10.5 Å². The highest BCUT2D eigenvalue weighted by Crippen LogP contribution is 2.29. The van der Waals surface area contributed by atoms with Crippen LogP contribution in [0, 0.1) is 4.64 Å². The summed E-state index contributed by atoms with van der Waals surface area (Å²) in [5.74, 6) is 1.71. The van der Waals surface area contributed by atoms with Crippen molar-refractivity contribution in [2.75, 3.05) is 0 Å². The summed E-state index contributed by atoms with van der Waals surface area (Å²) in [5, 5.41) is 0. The van der Waals surface area contributed by atoms with Crippen molar-refractivity contribution in [1.29, 1.82) is 0 Å². The lowest BCUT2D eigenvalue weighted by atomic mass is 10.00. The molecule has 1 fully saturated rings. The molecule has 1 aromatic heterocycles. The van der Waals surface area contributed by atoms with Crippen LogP contribution in [-0.2, 0) is 0 Å². The van der Waals surface area contributed by atoms with Crippen molar-refractivity contribution in [2.45, 2.75) is 44.4 Å². The van der Waals surface area contributed by atoms with Gasteiger partial charge in [-0.15, -0.1) is 0 Å². The average Bonchev–Trinajstić information content (AvgIpc) is 2.45. The third kappa shape index (κ3) is 2.41. The Morgan fingerprint density at radius 3 is 2.57 bits per heavy atom. The van der Waals surface area contributed by atoms with E-state index in [1.165, 1.54) is 38.5 Å². The zero-order valence-corrected chi connectivity index (χ0v) is 9.15. The quantitative estimate of drug-likeness (QED) is 0.564. The molecule has 0 radical (unpaired) electrons. The zero-order valence-electron chi connectivity index (χ0n) is 8.33. The van der Waals surface area contributed by atoms with Gasteiger partial charge in [-0.3, -0.25) is 0 Å². The van der Waals surface area contributed by atoms with Crippen molar-refractivity contribution in [3.8, 4) is 0 Å². The highest BCUT2D eigenvalue weighted by atomic mass is 32.1. The first-order chi connectivity index (χ1) is 6.86. The number of hydrogen-bond donors (Lipinski definition) is 1. The van der Waals surface area contributed by atoms with Crippen molar-refractivity contribution in [1.82, 2.24) is 9.97 Å². The van der Waals surface area contributed by atoms with Gasteiger partial charge in [0, 0.05) is 12.1 Å². The Bertz CT molecular complexity index is 337. The maximum Gasteiger partial charge on any atom is 0.110 e. The fourth-order valence-electron chi connectivity index (χ4n) is 2.15. The molecule has 0 aromatic carbocycles. The molecule has 0 saturated heterocycles. The first-order valence-electron chi connectivity index (χ1n) is 5.41. The molecule has 0 aliphatic heterocycles. The number of H-pyrrole nitrogens is 1. The predicted molar refractivity (Wildman–Crippen MR) is 59.9 cm³/mol. The fourth-order valence-corrected chi connectivity index (χ4v) is 2.31. The molecule has 0 atom stereocenters. The van der Waals surface area contributed by atoms with Gasteiger partial charge in [0.25, 0.3) is 0 Å². The Kier molecular flexibility index (Phi) is 3.30. The number of nitrogens with one attached hydrogen (secondary N) is 1. The van der Waals surface area contributed by atoms with Gasteiger partial charge >= 0.3 is 0 Å².